The van der Waals surface area contributed by atoms with E-state index >= 15 is 0 Å². The zero-order valence-corrected chi connectivity index (χ0v) is 16.0. The lowest BCUT2D eigenvalue weighted by Gasteiger charge is -2.19. The Balaban J connectivity index is 0.00000312. The largest absolute Gasteiger partial charge is 0.505 e. The van der Waals surface area contributed by atoms with E-state index in [1.165, 1.54) is 24.3 Å². The van der Waals surface area contributed by atoms with Gasteiger partial charge in [-0.1, -0.05) is 12.1 Å². The standard InChI is InChI=1S/C17H18F3N3O.HI/c1-10(13-5-4-12(18)8-14(13)19)23-17(21-2)22-9-11-3-6-16(24)15(20)7-11;/h3-8,10,24H,9H2,1-2H3,(H2,21,22,23);1H. The number of halogens is 4. The maximum absolute atomic E-state index is 13.8. The van der Waals surface area contributed by atoms with Crippen LogP contribution in [0, 0.1) is 17.5 Å². The Morgan fingerprint density at radius 2 is 1.84 bits per heavy atom. The number of aliphatic imine (C=N–C) groups is 1. The van der Waals surface area contributed by atoms with Crippen LogP contribution in [0.1, 0.15) is 24.1 Å². The van der Waals surface area contributed by atoms with Gasteiger partial charge in [0.2, 0.25) is 0 Å². The van der Waals surface area contributed by atoms with Crippen LogP contribution in [0.15, 0.2) is 41.4 Å². The Bertz CT molecular complexity index is 756. The van der Waals surface area contributed by atoms with Crippen molar-refractivity contribution in [1.82, 2.24) is 10.6 Å². The molecule has 0 heterocycles. The molecule has 8 heteroatoms. The minimum absolute atomic E-state index is 0. The molecule has 25 heavy (non-hydrogen) atoms. The number of guanidine groups is 1. The summed E-state index contributed by atoms with van der Waals surface area (Å²) in [6, 6.07) is 6.97. The summed E-state index contributed by atoms with van der Waals surface area (Å²) in [5.41, 5.74) is 0.906. The van der Waals surface area contributed by atoms with E-state index in [0.717, 1.165) is 6.07 Å². The van der Waals surface area contributed by atoms with Gasteiger partial charge in [-0.3, -0.25) is 4.99 Å². The van der Waals surface area contributed by atoms with Gasteiger partial charge >= 0.3 is 0 Å². The monoisotopic (exact) mass is 465 g/mol. The number of hydrogen-bond acceptors (Lipinski definition) is 2. The molecule has 2 rings (SSSR count). The summed E-state index contributed by atoms with van der Waals surface area (Å²) in [5.74, 6) is -2.04. The Labute approximate surface area is 161 Å². The fourth-order valence-corrected chi connectivity index (χ4v) is 2.18. The molecule has 0 fully saturated rings. The number of nitrogens with zero attached hydrogens (tertiary/aromatic N) is 1. The lowest BCUT2D eigenvalue weighted by molar-refractivity contribution is 0.431. The van der Waals surface area contributed by atoms with Crippen LogP contribution in [-0.4, -0.2) is 18.1 Å². The summed E-state index contributed by atoms with van der Waals surface area (Å²) in [4.78, 5) is 4.01. The van der Waals surface area contributed by atoms with Crippen molar-refractivity contribution < 1.29 is 18.3 Å². The predicted octanol–water partition coefficient (Wildman–Crippen LogP) is 3.85. The van der Waals surface area contributed by atoms with Gasteiger partial charge in [0.1, 0.15) is 11.6 Å². The third-order valence-corrected chi connectivity index (χ3v) is 3.48. The first-order valence-electron chi connectivity index (χ1n) is 7.30. The van der Waals surface area contributed by atoms with Gasteiger partial charge in [-0.15, -0.1) is 24.0 Å². The lowest BCUT2D eigenvalue weighted by Crippen LogP contribution is -2.38. The molecule has 0 aromatic heterocycles. The average molecular weight is 465 g/mol. The Morgan fingerprint density at radius 1 is 1.12 bits per heavy atom. The van der Waals surface area contributed by atoms with Crippen molar-refractivity contribution in [2.45, 2.75) is 19.5 Å². The normalized spacial score (nSPS) is 12.3. The summed E-state index contributed by atoms with van der Waals surface area (Å²) in [6.07, 6.45) is 0. The fourth-order valence-electron chi connectivity index (χ4n) is 2.18. The average Bonchev–Trinajstić information content (AvgIpc) is 2.54. The van der Waals surface area contributed by atoms with Crippen LogP contribution < -0.4 is 10.6 Å². The number of aromatic hydroxyl groups is 1. The molecule has 1 unspecified atom stereocenters. The van der Waals surface area contributed by atoms with Crippen LogP contribution in [0.25, 0.3) is 0 Å². The highest BCUT2D eigenvalue weighted by Crippen LogP contribution is 2.18. The summed E-state index contributed by atoms with van der Waals surface area (Å²) < 4.78 is 40.0. The Kier molecular flexibility index (Phi) is 8.01. The van der Waals surface area contributed by atoms with E-state index in [-0.39, 0.29) is 30.5 Å². The zero-order valence-electron chi connectivity index (χ0n) is 13.7. The molecule has 0 amide bonds. The van der Waals surface area contributed by atoms with Gasteiger partial charge in [0.05, 0.1) is 6.04 Å². The third-order valence-electron chi connectivity index (χ3n) is 3.48. The van der Waals surface area contributed by atoms with E-state index in [4.69, 9.17) is 5.11 Å². The minimum Gasteiger partial charge on any atom is -0.505 e. The molecule has 0 saturated heterocycles. The molecule has 0 aliphatic heterocycles. The van der Waals surface area contributed by atoms with Gasteiger partial charge in [-0.25, -0.2) is 13.2 Å². The van der Waals surface area contributed by atoms with E-state index < -0.39 is 29.2 Å². The minimum atomic E-state index is -0.709. The van der Waals surface area contributed by atoms with Crippen molar-refractivity contribution in [1.29, 1.82) is 0 Å². The van der Waals surface area contributed by atoms with Crippen LogP contribution >= 0.6 is 24.0 Å². The number of benzene rings is 2. The maximum Gasteiger partial charge on any atom is 0.191 e. The van der Waals surface area contributed by atoms with E-state index in [9.17, 15) is 13.2 Å². The summed E-state index contributed by atoms with van der Waals surface area (Å²) in [5, 5.41) is 15.1. The smallest absolute Gasteiger partial charge is 0.191 e. The molecule has 3 N–H and O–H groups in total. The summed E-state index contributed by atoms with van der Waals surface area (Å²) in [6.45, 7) is 1.97. The first-order chi connectivity index (χ1) is 11.4. The van der Waals surface area contributed by atoms with E-state index in [1.807, 2.05) is 0 Å². The number of nitrogens with one attached hydrogen (secondary N) is 2. The van der Waals surface area contributed by atoms with Crippen molar-refractivity contribution in [2.24, 2.45) is 4.99 Å². The highest BCUT2D eigenvalue weighted by Gasteiger charge is 2.13. The van der Waals surface area contributed by atoms with E-state index in [2.05, 4.69) is 15.6 Å². The van der Waals surface area contributed by atoms with Crippen LogP contribution in [0.2, 0.25) is 0 Å². The molecule has 0 spiro atoms. The van der Waals surface area contributed by atoms with Crippen molar-refractivity contribution in [3.05, 3.63) is 65.0 Å². The molecular weight excluding hydrogens is 446 g/mol. The second-order valence-corrected chi connectivity index (χ2v) is 5.24. The van der Waals surface area contributed by atoms with Crippen molar-refractivity contribution in [3.63, 3.8) is 0 Å². The van der Waals surface area contributed by atoms with Crippen LogP contribution in [-0.2, 0) is 6.54 Å². The molecular formula is C17H19F3IN3O. The quantitative estimate of drug-likeness (QED) is 0.366. The van der Waals surface area contributed by atoms with Crippen LogP contribution in [0.5, 0.6) is 5.75 Å². The van der Waals surface area contributed by atoms with Gasteiger partial charge in [0, 0.05) is 25.2 Å². The van der Waals surface area contributed by atoms with E-state index in [0.29, 0.717) is 17.1 Å². The van der Waals surface area contributed by atoms with Gasteiger partial charge in [0.25, 0.3) is 0 Å². The SMILES string of the molecule is CN=C(NCc1ccc(O)c(F)c1)NC(C)c1ccc(F)cc1F.I. The zero-order chi connectivity index (χ0) is 17.7. The van der Waals surface area contributed by atoms with Gasteiger partial charge < -0.3 is 15.7 Å². The van der Waals surface area contributed by atoms with Gasteiger partial charge in [-0.2, -0.15) is 0 Å². The topological polar surface area (TPSA) is 56.7 Å². The Morgan fingerprint density at radius 3 is 2.44 bits per heavy atom. The van der Waals surface area contributed by atoms with Gasteiger partial charge in [-0.05, 0) is 30.7 Å². The molecule has 0 radical (unpaired) electrons. The number of rotatable bonds is 4. The van der Waals surface area contributed by atoms with Crippen molar-refractivity contribution >= 4 is 29.9 Å². The van der Waals surface area contributed by atoms with Crippen molar-refractivity contribution in [2.75, 3.05) is 7.05 Å². The molecule has 2 aromatic rings. The molecule has 1 atom stereocenters. The highest BCUT2D eigenvalue weighted by atomic mass is 127. The van der Waals surface area contributed by atoms with E-state index in [1.54, 1.807) is 20.0 Å². The number of phenolic OH excluding ortho intramolecular Hbond substituents is 1. The van der Waals surface area contributed by atoms with Crippen LogP contribution in [0.4, 0.5) is 13.2 Å². The number of hydrogen-bond donors (Lipinski definition) is 3. The Hall–Kier alpha value is -1.97. The first-order valence-corrected chi connectivity index (χ1v) is 7.30. The highest BCUT2D eigenvalue weighted by molar-refractivity contribution is 14.0. The number of phenols is 1. The molecule has 0 aliphatic carbocycles. The lowest BCUT2D eigenvalue weighted by atomic mass is 10.1. The maximum atomic E-state index is 13.8. The molecule has 2 aromatic carbocycles. The summed E-state index contributed by atoms with van der Waals surface area (Å²) in [7, 11) is 1.54. The fraction of sp³-hybridized carbons (Fsp3) is 0.235. The molecule has 0 bridgehead atoms. The second kappa shape index (κ2) is 9.50. The second-order valence-electron chi connectivity index (χ2n) is 5.24. The molecule has 4 nitrogen and oxygen atoms in total. The van der Waals surface area contributed by atoms with Gasteiger partial charge in [0.15, 0.2) is 17.5 Å². The van der Waals surface area contributed by atoms with Crippen molar-refractivity contribution in [3.8, 4) is 5.75 Å². The summed E-state index contributed by atoms with van der Waals surface area (Å²) >= 11 is 0. The molecule has 0 aliphatic rings. The predicted molar refractivity (Wildman–Crippen MR) is 102 cm³/mol. The molecule has 136 valence electrons. The molecule has 0 saturated carbocycles. The first kappa shape index (κ1) is 21.1. The van der Waals surface area contributed by atoms with Crippen LogP contribution in [0.3, 0.4) is 0 Å². The third kappa shape index (κ3) is 5.80.